The second-order valence-corrected chi connectivity index (χ2v) is 5.46. The van der Waals surface area contributed by atoms with E-state index in [0.717, 1.165) is 0 Å². The highest BCUT2D eigenvalue weighted by Gasteiger charge is 2.15. The minimum atomic E-state index is 0.308. The molecule has 0 radical (unpaired) electrons. The number of hydrogen-bond donors (Lipinski definition) is 0. The molecule has 1 aliphatic carbocycles. The van der Waals surface area contributed by atoms with Gasteiger partial charge >= 0.3 is 0 Å². The van der Waals surface area contributed by atoms with E-state index in [0.29, 0.717) is 5.92 Å². The van der Waals surface area contributed by atoms with Gasteiger partial charge in [0.05, 0.1) is 0 Å². The fourth-order valence-electron chi connectivity index (χ4n) is 3.09. The molecule has 100 valence electrons. The smallest absolute Gasteiger partial charge is 0.0284 e. The second-order valence-electron chi connectivity index (χ2n) is 5.46. The third-order valence-electron chi connectivity index (χ3n) is 4.14. The molecule has 0 aromatic heterocycles. The number of hydrogen-bond acceptors (Lipinski definition) is 0. The van der Waals surface area contributed by atoms with Crippen LogP contribution in [0.4, 0.5) is 0 Å². The molecular weight excluding hydrogens is 252 g/mol. The van der Waals surface area contributed by atoms with Crippen LogP contribution in [0.5, 0.6) is 0 Å². The predicted octanol–water partition coefficient (Wildman–Crippen LogP) is 3.44. The molecule has 0 saturated carbocycles. The molecule has 0 saturated heterocycles. The molecule has 0 fully saturated rings. The Morgan fingerprint density at radius 1 is 0.571 bits per heavy atom. The minimum Gasteiger partial charge on any atom is -0.0647 e. The Morgan fingerprint density at radius 3 is 2.10 bits per heavy atom. The standard InChI is InChI=1S/C21H16/c1-2-8-16(9-3-1)21-15-18-11-5-4-10-17(18)14-19-12-6-7-13-20(19)21/h1-15,21H. The summed E-state index contributed by atoms with van der Waals surface area (Å²) in [5, 5.41) is 2.60. The Balaban J connectivity index is 2.05. The van der Waals surface area contributed by atoms with Crippen molar-refractivity contribution in [3.05, 3.63) is 106 Å². The van der Waals surface area contributed by atoms with Gasteiger partial charge in [-0.15, -0.1) is 0 Å². The van der Waals surface area contributed by atoms with Crippen molar-refractivity contribution in [2.75, 3.05) is 0 Å². The maximum absolute atomic E-state index is 2.38. The van der Waals surface area contributed by atoms with Gasteiger partial charge in [-0.05, 0) is 33.2 Å². The highest BCUT2D eigenvalue weighted by molar-refractivity contribution is 5.64. The average molecular weight is 268 g/mol. The summed E-state index contributed by atoms with van der Waals surface area (Å²) in [5.74, 6) is 0.308. The first-order valence-electron chi connectivity index (χ1n) is 7.34. The Labute approximate surface area is 124 Å². The van der Waals surface area contributed by atoms with Gasteiger partial charge in [-0.2, -0.15) is 0 Å². The lowest BCUT2D eigenvalue weighted by atomic mass is 9.88. The van der Waals surface area contributed by atoms with E-state index in [-0.39, 0.29) is 0 Å². The summed E-state index contributed by atoms with van der Waals surface area (Å²) in [6.07, 6.45) is 4.68. The van der Waals surface area contributed by atoms with E-state index in [4.69, 9.17) is 0 Å². The van der Waals surface area contributed by atoms with Crippen LogP contribution >= 0.6 is 0 Å². The summed E-state index contributed by atoms with van der Waals surface area (Å²) in [6, 6.07) is 28.0. The zero-order valence-corrected chi connectivity index (χ0v) is 11.7. The van der Waals surface area contributed by atoms with Gasteiger partial charge in [0, 0.05) is 5.92 Å². The highest BCUT2D eigenvalue weighted by Crippen LogP contribution is 2.29. The van der Waals surface area contributed by atoms with Crippen LogP contribution in [0.25, 0.3) is 12.2 Å². The van der Waals surface area contributed by atoms with Crippen molar-refractivity contribution in [3.8, 4) is 0 Å². The maximum Gasteiger partial charge on any atom is 0.0284 e. The van der Waals surface area contributed by atoms with E-state index in [1.54, 1.807) is 0 Å². The second kappa shape index (κ2) is 5.06. The first-order chi connectivity index (χ1) is 10.4. The lowest BCUT2D eigenvalue weighted by Crippen LogP contribution is -2.23. The zero-order valence-electron chi connectivity index (χ0n) is 11.7. The van der Waals surface area contributed by atoms with Crippen LogP contribution in [0.1, 0.15) is 22.6 Å². The van der Waals surface area contributed by atoms with Crippen LogP contribution in [0.2, 0.25) is 0 Å². The van der Waals surface area contributed by atoms with Gasteiger partial charge in [-0.3, -0.25) is 0 Å². The summed E-state index contributed by atoms with van der Waals surface area (Å²) < 4.78 is 0. The number of benzene rings is 3. The third-order valence-corrected chi connectivity index (χ3v) is 4.14. The van der Waals surface area contributed by atoms with Crippen molar-refractivity contribution in [3.63, 3.8) is 0 Å². The van der Waals surface area contributed by atoms with Crippen molar-refractivity contribution in [1.29, 1.82) is 0 Å². The summed E-state index contributed by atoms with van der Waals surface area (Å²) in [6.45, 7) is 0. The van der Waals surface area contributed by atoms with Crippen molar-refractivity contribution >= 4 is 12.2 Å². The van der Waals surface area contributed by atoms with Crippen molar-refractivity contribution < 1.29 is 0 Å². The van der Waals surface area contributed by atoms with Gasteiger partial charge in [-0.25, -0.2) is 0 Å². The molecule has 1 unspecified atom stereocenters. The van der Waals surface area contributed by atoms with Crippen LogP contribution in [0.15, 0.2) is 78.9 Å². The molecule has 3 aromatic rings. The fourth-order valence-corrected chi connectivity index (χ4v) is 3.09. The molecule has 0 heteroatoms. The Morgan fingerprint density at radius 2 is 1.24 bits per heavy atom. The molecule has 1 aliphatic rings. The molecule has 0 heterocycles. The summed E-state index contributed by atoms with van der Waals surface area (Å²) in [7, 11) is 0. The van der Waals surface area contributed by atoms with Gasteiger partial charge in [0.2, 0.25) is 0 Å². The number of rotatable bonds is 1. The molecule has 1 atom stereocenters. The third kappa shape index (κ3) is 2.19. The molecule has 0 spiro atoms. The topological polar surface area (TPSA) is 0 Å². The average Bonchev–Trinajstić information content (AvgIpc) is 2.72. The molecule has 0 amide bonds. The molecular formula is C21H16. The minimum absolute atomic E-state index is 0.308. The summed E-state index contributed by atoms with van der Waals surface area (Å²) >= 11 is 0. The van der Waals surface area contributed by atoms with Crippen LogP contribution in [0.3, 0.4) is 0 Å². The van der Waals surface area contributed by atoms with Crippen LogP contribution < -0.4 is 10.4 Å². The zero-order chi connectivity index (χ0) is 14.1. The van der Waals surface area contributed by atoms with E-state index in [1.807, 2.05) is 0 Å². The summed E-state index contributed by atoms with van der Waals surface area (Å²) in [4.78, 5) is 0. The number of fused-ring (bicyclic) bond motifs is 2. The molecule has 0 nitrogen and oxygen atoms in total. The lowest BCUT2D eigenvalue weighted by molar-refractivity contribution is 1.07. The van der Waals surface area contributed by atoms with Crippen molar-refractivity contribution in [1.82, 2.24) is 0 Å². The normalized spacial score (nSPS) is 15.9. The van der Waals surface area contributed by atoms with Gasteiger partial charge in [0.25, 0.3) is 0 Å². The highest BCUT2D eigenvalue weighted by atomic mass is 14.2. The molecule has 3 aromatic carbocycles. The van der Waals surface area contributed by atoms with Gasteiger partial charge in [0.15, 0.2) is 0 Å². The molecule has 0 bridgehead atoms. The van der Waals surface area contributed by atoms with E-state index in [1.165, 1.54) is 27.1 Å². The van der Waals surface area contributed by atoms with Crippen molar-refractivity contribution in [2.45, 2.75) is 5.92 Å². The van der Waals surface area contributed by atoms with E-state index >= 15 is 0 Å². The van der Waals surface area contributed by atoms with Crippen LogP contribution in [0, 0.1) is 0 Å². The molecule has 4 rings (SSSR count). The Hall–Kier alpha value is -2.60. The van der Waals surface area contributed by atoms with Crippen LogP contribution in [-0.4, -0.2) is 0 Å². The fraction of sp³-hybridized carbons (Fsp3) is 0.0476. The van der Waals surface area contributed by atoms with E-state index in [2.05, 4.69) is 91.0 Å². The SMILES string of the molecule is C1=c2ccccc2=CC(c2ccccc2)c2ccccc21. The quantitative estimate of drug-likeness (QED) is 0.634. The first-order valence-corrected chi connectivity index (χ1v) is 7.34. The maximum atomic E-state index is 2.38. The molecule has 0 aliphatic heterocycles. The monoisotopic (exact) mass is 268 g/mol. The Kier molecular flexibility index (Phi) is 2.93. The predicted molar refractivity (Wildman–Crippen MR) is 88.5 cm³/mol. The molecule has 21 heavy (non-hydrogen) atoms. The van der Waals surface area contributed by atoms with Crippen LogP contribution in [-0.2, 0) is 0 Å². The van der Waals surface area contributed by atoms with Gasteiger partial charge in [-0.1, -0.05) is 84.9 Å². The molecule has 0 N–H and O–H groups in total. The summed E-state index contributed by atoms with van der Waals surface area (Å²) in [5.41, 5.74) is 4.03. The lowest BCUT2D eigenvalue weighted by Gasteiger charge is -2.15. The van der Waals surface area contributed by atoms with E-state index in [9.17, 15) is 0 Å². The van der Waals surface area contributed by atoms with Gasteiger partial charge in [0.1, 0.15) is 0 Å². The van der Waals surface area contributed by atoms with Crippen molar-refractivity contribution in [2.24, 2.45) is 0 Å². The first kappa shape index (κ1) is 12.2. The van der Waals surface area contributed by atoms with E-state index < -0.39 is 0 Å². The Bertz CT molecular complexity index is 889. The van der Waals surface area contributed by atoms with Gasteiger partial charge < -0.3 is 0 Å². The largest absolute Gasteiger partial charge is 0.0647 e.